The van der Waals surface area contributed by atoms with Crippen LogP contribution in [0.15, 0.2) is 24.3 Å². The van der Waals surface area contributed by atoms with Gasteiger partial charge in [-0.05, 0) is 18.4 Å². The number of hydrogen-bond donors (Lipinski definition) is 1. The Labute approximate surface area is 134 Å². The fraction of sp³-hybridized carbons (Fsp3) is 0.625. The predicted octanol–water partition coefficient (Wildman–Crippen LogP) is 2.19. The SMILES string of the molecule is COc1ccc(C2OCC3O[C@@H](SC)C(C)[C@@H](O)[C@H]3O2)cc1. The second-order valence-corrected chi connectivity index (χ2v) is 6.60. The number of fused-ring (bicyclic) bond motifs is 1. The van der Waals surface area contributed by atoms with E-state index in [1.165, 1.54) is 0 Å². The minimum absolute atomic E-state index is 0.0193. The number of benzene rings is 1. The van der Waals surface area contributed by atoms with E-state index in [4.69, 9.17) is 18.9 Å². The van der Waals surface area contributed by atoms with Gasteiger partial charge < -0.3 is 24.1 Å². The molecule has 6 atom stereocenters. The van der Waals surface area contributed by atoms with E-state index in [9.17, 15) is 5.11 Å². The minimum Gasteiger partial charge on any atom is -0.497 e. The van der Waals surface area contributed by atoms with Crippen molar-refractivity contribution in [2.75, 3.05) is 20.0 Å². The van der Waals surface area contributed by atoms with Gasteiger partial charge in [-0.3, -0.25) is 0 Å². The van der Waals surface area contributed by atoms with Crippen molar-refractivity contribution in [3.8, 4) is 5.75 Å². The summed E-state index contributed by atoms with van der Waals surface area (Å²) in [5, 5.41) is 10.5. The summed E-state index contributed by atoms with van der Waals surface area (Å²) >= 11 is 1.61. The standard InChI is InChI=1S/C16H22O5S/c1-9-13(17)14-12(20-16(9)22-3)8-19-15(21-14)10-4-6-11(18-2)7-5-10/h4-7,9,12-17H,8H2,1-3H3/t9?,12?,13-,14+,15?,16+/m1/s1. The second-order valence-electron chi connectivity index (χ2n) is 5.67. The summed E-state index contributed by atoms with van der Waals surface area (Å²) in [5.41, 5.74) is 0.882. The lowest BCUT2D eigenvalue weighted by Gasteiger charge is -2.46. The van der Waals surface area contributed by atoms with Crippen LogP contribution in [-0.2, 0) is 14.2 Å². The molecule has 1 N–H and O–H groups in total. The van der Waals surface area contributed by atoms with Gasteiger partial charge in [0.25, 0.3) is 0 Å². The van der Waals surface area contributed by atoms with Gasteiger partial charge in [-0.25, -0.2) is 0 Å². The highest BCUT2D eigenvalue weighted by molar-refractivity contribution is 7.99. The maximum absolute atomic E-state index is 10.5. The molecule has 3 rings (SSSR count). The second kappa shape index (κ2) is 6.76. The Hall–Kier alpha value is -0.790. The molecular formula is C16H22O5S. The van der Waals surface area contributed by atoms with Crippen LogP contribution in [0.25, 0.3) is 0 Å². The van der Waals surface area contributed by atoms with E-state index >= 15 is 0 Å². The third kappa shape index (κ3) is 2.98. The molecule has 6 heteroatoms. The molecule has 0 radical (unpaired) electrons. The molecule has 0 saturated carbocycles. The molecule has 2 saturated heterocycles. The maximum Gasteiger partial charge on any atom is 0.184 e. The number of methoxy groups -OCH3 is 1. The summed E-state index contributed by atoms with van der Waals surface area (Å²) in [7, 11) is 1.63. The van der Waals surface area contributed by atoms with Crippen LogP contribution in [0, 0.1) is 5.92 Å². The molecule has 1 aromatic carbocycles. The zero-order valence-electron chi connectivity index (χ0n) is 13.0. The van der Waals surface area contributed by atoms with Crippen molar-refractivity contribution in [1.82, 2.24) is 0 Å². The van der Waals surface area contributed by atoms with Crippen molar-refractivity contribution >= 4 is 11.8 Å². The third-order valence-electron chi connectivity index (χ3n) is 4.29. The summed E-state index contributed by atoms with van der Waals surface area (Å²) < 4.78 is 22.9. The fourth-order valence-corrected chi connectivity index (χ4v) is 3.77. The molecule has 0 aromatic heterocycles. The van der Waals surface area contributed by atoms with Gasteiger partial charge in [0.1, 0.15) is 23.4 Å². The van der Waals surface area contributed by atoms with E-state index in [0.29, 0.717) is 6.61 Å². The van der Waals surface area contributed by atoms with Crippen molar-refractivity contribution in [2.45, 2.75) is 37.0 Å². The molecule has 122 valence electrons. The van der Waals surface area contributed by atoms with E-state index in [1.54, 1.807) is 18.9 Å². The topological polar surface area (TPSA) is 57.2 Å². The minimum atomic E-state index is -0.555. The average molecular weight is 326 g/mol. The molecule has 0 spiro atoms. The van der Waals surface area contributed by atoms with Gasteiger partial charge in [0.2, 0.25) is 0 Å². The summed E-state index contributed by atoms with van der Waals surface area (Å²) in [6.45, 7) is 2.41. The van der Waals surface area contributed by atoms with Crippen LogP contribution in [0.2, 0.25) is 0 Å². The molecule has 0 aliphatic carbocycles. The number of thioether (sulfide) groups is 1. The molecular weight excluding hydrogens is 304 g/mol. The lowest BCUT2D eigenvalue weighted by atomic mass is 9.93. The van der Waals surface area contributed by atoms with Crippen LogP contribution in [0.3, 0.4) is 0 Å². The average Bonchev–Trinajstić information content (AvgIpc) is 2.58. The van der Waals surface area contributed by atoms with Crippen LogP contribution in [0.5, 0.6) is 5.75 Å². The van der Waals surface area contributed by atoms with Gasteiger partial charge in [-0.2, -0.15) is 0 Å². The van der Waals surface area contributed by atoms with Crippen LogP contribution >= 0.6 is 11.8 Å². The first-order chi connectivity index (χ1) is 10.6. The Morgan fingerprint density at radius 3 is 2.59 bits per heavy atom. The third-order valence-corrected chi connectivity index (χ3v) is 5.30. The van der Waals surface area contributed by atoms with Crippen molar-refractivity contribution in [1.29, 1.82) is 0 Å². The molecule has 3 unspecified atom stereocenters. The highest BCUT2D eigenvalue weighted by atomic mass is 32.2. The largest absolute Gasteiger partial charge is 0.497 e. The summed E-state index contributed by atoms with van der Waals surface area (Å²) in [5.74, 6) is 0.806. The van der Waals surface area contributed by atoms with E-state index < -0.39 is 12.4 Å². The van der Waals surface area contributed by atoms with Gasteiger partial charge in [0.05, 0.1) is 19.8 Å². The van der Waals surface area contributed by atoms with Crippen LogP contribution in [0.1, 0.15) is 18.8 Å². The van der Waals surface area contributed by atoms with Gasteiger partial charge in [0, 0.05) is 11.5 Å². The zero-order valence-corrected chi connectivity index (χ0v) is 13.8. The summed E-state index contributed by atoms with van der Waals surface area (Å²) in [6.07, 6.45) is 0.362. The quantitative estimate of drug-likeness (QED) is 0.919. The molecule has 22 heavy (non-hydrogen) atoms. The monoisotopic (exact) mass is 326 g/mol. The van der Waals surface area contributed by atoms with Crippen molar-refractivity contribution < 1.29 is 24.1 Å². The fourth-order valence-electron chi connectivity index (χ4n) is 2.93. The van der Waals surface area contributed by atoms with E-state index in [1.807, 2.05) is 37.4 Å². The van der Waals surface area contributed by atoms with Crippen LogP contribution < -0.4 is 4.74 Å². The van der Waals surface area contributed by atoms with Crippen molar-refractivity contribution in [3.63, 3.8) is 0 Å². The Morgan fingerprint density at radius 1 is 1.23 bits per heavy atom. The van der Waals surface area contributed by atoms with Gasteiger partial charge in [-0.15, -0.1) is 11.8 Å². The Morgan fingerprint density at radius 2 is 1.95 bits per heavy atom. The number of rotatable bonds is 3. The first-order valence-corrected chi connectivity index (χ1v) is 8.70. The normalized spacial score (nSPS) is 38.4. The highest BCUT2D eigenvalue weighted by Gasteiger charge is 2.47. The smallest absolute Gasteiger partial charge is 0.184 e. The maximum atomic E-state index is 10.5. The zero-order chi connectivity index (χ0) is 15.7. The molecule has 2 aliphatic rings. The van der Waals surface area contributed by atoms with E-state index in [-0.39, 0.29) is 23.6 Å². The molecule has 1 aromatic rings. The van der Waals surface area contributed by atoms with Crippen molar-refractivity contribution in [3.05, 3.63) is 29.8 Å². The van der Waals surface area contributed by atoms with Gasteiger partial charge >= 0.3 is 0 Å². The lowest BCUT2D eigenvalue weighted by Crippen LogP contribution is -2.57. The van der Waals surface area contributed by atoms with E-state index in [2.05, 4.69) is 0 Å². The molecule has 5 nitrogen and oxygen atoms in total. The molecule has 0 amide bonds. The lowest BCUT2D eigenvalue weighted by molar-refractivity contribution is -0.311. The van der Waals surface area contributed by atoms with Gasteiger partial charge in [-0.1, -0.05) is 19.1 Å². The Kier molecular flexibility index (Phi) is 4.94. The highest BCUT2D eigenvalue weighted by Crippen LogP contribution is 2.38. The molecule has 2 fully saturated rings. The summed E-state index contributed by atoms with van der Waals surface area (Å²) in [6, 6.07) is 7.56. The number of aliphatic hydroxyl groups is 1. The number of aliphatic hydroxyl groups excluding tert-OH is 1. The summed E-state index contributed by atoms with van der Waals surface area (Å²) in [4.78, 5) is 0. The van der Waals surface area contributed by atoms with E-state index in [0.717, 1.165) is 11.3 Å². The first-order valence-electron chi connectivity index (χ1n) is 7.41. The Bertz CT molecular complexity index is 492. The predicted molar refractivity (Wildman–Crippen MR) is 83.9 cm³/mol. The van der Waals surface area contributed by atoms with Crippen LogP contribution in [-0.4, -0.2) is 48.8 Å². The molecule has 2 aliphatic heterocycles. The van der Waals surface area contributed by atoms with Gasteiger partial charge in [0.15, 0.2) is 6.29 Å². The number of ether oxygens (including phenoxy) is 4. The van der Waals surface area contributed by atoms with Crippen molar-refractivity contribution in [2.24, 2.45) is 5.92 Å². The number of hydrogen-bond acceptors (Lipinski definition) is 6. The van der Waals surface area contributed by atoms with Crippen LogP contribution in [0.4, 0.5) is 0 Å². The molecule has 0 bridgehead atoms. The Balaban J connectivity index is 1.72. The first kappa shape index (κ1) is 16.1. The molecule has 2 heterocycles.